The summed E-state index contributed by atoms with van der Waals surface area (Å²) in [5, 5.41) is 12.0. The Hall–Kier alpha value is -3.42. The molecule has 1 saturated heterocycles. The van der Waals surface area contributed by atoms with Gasteiger partial charge in [-0.25, -0.2) is 4.21 Å². The molecule has 2 atom stereocenters. The molecule has 4 aromatic carbocycles. The summed E-state index contributed by atoms with van der Waals surface area (Å²) < 4.78 is 52.0. The van der Waals surface area contributed by atoms with Crippen LogP contribution in [0, 0.1) is 11.3 Å². The molecule has 4 aromatic rings. The molecule has 0 N–H and O–H groups in total. The molecule has 0 radical (unpaired) electrons. The van der Waals surface area contributed by atoms with Crippen LogP contribution in [0.3, 0.4) is 0 Å². The minimum absolute atomic E-state index is 0.0956. The molecule has 11 heteroatoms. The minimum Gasteiger partial charge on any atom is -0.341 e. The zero-order chi connectivity index (χ0) is 33.0. The monoisotopic (exact) mass is 685 g/mol. The van der Waals surface area contributed by atoms with E-state index >= 15 is 0 Å². The van der Waals surface area contributed by atoms with Crippen LogP contribution in [0.1, 0.15) is 58.1 Å². The third kappa shape index (κ3) is 7.75. The molecule has 0 bridgehead atoms. The van der Waals surface area contributed by atoms with Gasteiger partial charge < -0.3 is 9.80 Å². The minimum atomic E-state index is -4.81. The normalized spacial score (nSPS) is 15.8. The summed E-state index contributed by atoms with van der Waals surface area (Å²) in [7, 11) is -1.33. The summed E-state index contributed by atoms with van der Waals surface area (Å²) in [5.74, 6) is -0.414. The van der Waals surface area contributed by atoms with Gasteiger partial charge in [0.2, 0.25) is 0 Å². The largest absolute Gasteiger partial charge is 0.475 e. The number of likely N-dealkylation sites (N-methyl/N-ethyl adjacent to an activating group) is 1. The van der Waals surface area contributed by atoms with Gasteiger partial charge in [-0.3, -0.25) is 4.79 Å². The number of nitrogens with zero attached hydrogens (tertiary/aromatic N) is 3. The number of rotatable bonds is 9. The van der Waals surface area contributed by atoms with E-state index < -0.39 is 16.3 Å². The van der Waals surface area contributed by atoms with Crippen molar-refractivity contribution < 1.29 is 22.2 Å². The van der Waals surface area contributed by atoms with Crippen LogP contribution in [-0.4, -0.2) is 58.7 Å². The highest BCUT2D eigenvalue weighted by molar-refractivity contribution is 7.86. The van der Waals surface area contributed by atoms with Crippen molar-refractivity contribution in [2.75, 3.05) is 33.2 Å². The van der Waals surface area contributed by atoms with Crippen LogP contribution in [0.25, 0.3) is 10.8 Å². The lowest BCUT2D eigenvalue weighted by molar-refractivity contribution is -0.0385. The highest BCUT2D eigenvalue weighted by atomic mass is 35.5. The van der Waals surface area contributed by atoms with Gasteiger partial charge >= 0.3 is 5.51 Å². The number of piperidine rings is 1. The number of nitriles is 1. The highest BCUT2D eigenvalue weighted by Gasteiger charge is 2.40. The zero-order valence-electron chi connectivity index (χ0n) is 25.1. The number of hydrogen-bond acceptors (Lipinski definition) is 4. The standard InChI is InChI=1S/C35H32Cl2F3N3O2S/c1-42(34(44)30-19-23(21-41)18-26-6-2-3-7-28(26)30)22-27(25-10-11-31(36)32(37)20-25)14-17-43-15-12-24(13-16-43)29-8-4-5-9-33(29)46(45)35(38,39)40/h2-11,18-20,24,27H,12-17,22H2,1H3/t27-,46?/m1/s1. The highest BCUT2D eigenvalue weighted by Crippen LogP contribution is 2.36. The van der Waals surface area contributed by atoms with Crippen LogP contribution < -0.4 is 0 Å². The quantitative estimate of drug-likeness (QED) is 0.177. The molecular formula is C35H32Cl2F3N3O2S. The van der Waals surface area contributed by atoms with Crippen LogP contribution in [0.2, 0.25) is 10.0 Å². The second kappa shape index (κ2) is 14.6. The Morgan fingerprint density at radius 2 is 1.72 bits per heavy atom. The number of amides is 1. The lowest BCUT2D eigenvalue weighted by Crippen LogP contribution is -2.36. The molecule has 1 aliphatic heterocycles. The number of likely N-dealkylation sites (tertiary alicyclic amines) is 1. The van der Waals surface area contributed by atoms with Crippen molar-refractivity contribution in [3.05, 3.63) is 111 Å². The van der Waals surface area contributed by atoms with Crippen LogP contribution in [0.5, 0.6) is 0 Å². The summed E-state index contributed by atoms with van der Waals surface area (Å²) in [6.07, 6.45) is 1.97. The number of benzene rings is 4. The predicted octanol–water partition coefficient (Wildman–Crippen LogP) is 8.77. The molecule has 0 spiro atoms. The van der Waals surface area contributed by atoms with Crippen LogP contribution in [0.15, 0.2) is 83.8 Å². The van der Waals surface area contributed by atoms with E-state index in [1.54, 1.807) is 42.3 Å². The van der Waals surface area contributed by atoms with Crippen molar-refractivity contribution in [2.45, 2.75) is 41.5 Å². The Labute approximate surface area is 279 Å². The van der Waals surface area contributed by atoms with E-state index in [2.05, 4.69) is 11.0 Å². The average molecular weight is 687 g/mol. The molecule has 0 saturated carbocycles. The topological polar surface area (TPSA) is 64.4 Å². The molecule has 1 unspecified atom stereocenters. The molecule has 46 heavy (non-hydrogen) atoms. The molecule has 0 aromatic heterocycles. The Kier molecular flexibility index (Phi) is 10.7. The summed E-state index contributed by atoms with van der Waals surface area (Å²) in [5.41, 5.74) is -2.51. The smallest absolute Gasteiger partial charge is 0.341 e. The molecule has 0 aliphatic carbocycles. The van der Waals surface area contributed by atoms with E-state index in [0.29, 0.717) is 72.2 Å². The molecule has 5 nitrogen and oxygen atoms in total. The van der Waals surface area contributed by atoms with E-state index in [-0.39, 0.29) is 22.6 Å². The maximum absolute atomic E-state index is 13.8. The van der Waals surface area contributed by atoms with E-state index in [0.717, 1.165) is 16.3 Å². The van der Waals surface area contributed by atoms with Gasteiger partial charge in [-0.2, -0.15) is 18.4 Å². The van der Waals surface area contributed by atoms with E-state index in [9.17, 15) is 27.4 Å². The van der Waals surface area contributed by atoms with Crippen LogP contribution in [0.4, 0.5) is 13.2 Å². The Morgan fingerprint density at radius 3 is 2.41 bits per heavy atom. The number of hydrogen-bond donors (Lipinski definition) is 0. The Morgan fingerprint density at radius 1 is 1.02 bits per heavy atom. The SMILES string of the molecule is CN(C[C@@H](CCN1CCC(c2ccccc2S(=O)C(F)(F)F)CC1)c1ccc(Cl)c(Cl)c1)C(=O)c1cc(C#N)cc2ccccc12. The lowest BCUT2D eigenvalue weighted by atomic mass is 9.88. The fourth-order valence-corrected chi connectivity index (χ4v) is 7.43. The summed E-state index contributed by atoms with van der Waals surface area (Å²) in [6, 6.07) is 24.6. The van der Waals surface area contributed by atoms with Crippen molar-refractivity contribution in [3.8, 4) is 6.07 Å². The second-order valence-corrected chi connectivity index (χ2v) is 13.8. The first kappa shape index (κ1) is 33.9. The van der Waals surface area contributed by atoms with Gasteiger partial charge in [0.25, 0.3) is 5.91 Å². The maximum atomic E-state index is 13.8. The van der Waals surface area contributed by atoms with Crippen molar-refractivity contribution >= 4 is 50.7 Å². The first-order valence-electron chi connectivity index (χ1n) is 14.9. The van der Waals surface area contributed by atoms with Gasteiger partial charge in [0.1, 0.15) is 0 Å². The van der Waals surface area contributed by atoms with Gasteiger partial charge in [-0.1, -0.05) is 71.7 Å². The second-order valence-electron chi connectivity index (χ2n) is 11.6. The predicted molar refractivity (Wildman–Crippen MR) is 177 cm³/mol. The number of carbonyl (C=O) groups excluding carboxylic acids is 1. The van der Waals surface area contributed by atoms with Crippen molar-refractivity contribution in [1.82, 2.24) is 9.80 Å². The fraction of sp³-hybridized carbons (Fsp3) is 0.314. The van der Waals surface area contributed by atoms with Crippen LogP contribution in [-0.2, 0) is 10.8 Å². The number of alkyl halides is 3. The van der Waals surface area contributed by atoms with E-state index in [4.69, 9.17) is 23.2 Å². The average Bonchev–Trinajstić information content (AvgIpc) is 3.06. The third-order valence-electron chi connectivity index (χ3n) is 8.63. The van der Waals surface area contributed by atoms with E-state index in [1.807, 2.05) is 36.4 Å². The maximum Gasteiger partial charge on any atom is 0.475 e. The van der Waals surface area contributed by atoms with Gasteiger partial charge in [-0.05, 0) is 97.0 Å². The lowest BCUT2D eigenvalue weighted by Gasteiger charge is -2.34. The number of fused-ring (bicyclic) bond motifs is 1. The molecule has 240 valence electrons. The molecule has 5 rings (SSSR count). The van der Waals surface area contributed by atoms with Gasteiger partial charge in [0.05, 0.1) is 26.6 Å². The molecular weight excluding hydrogens is 654 g/mol. The van der Waals surface area contributed by atoms with Crippen molar-refractivity contribution in [1.29, 1.82) is 5.26 Å². The van der Waals surface area contributed by atoms with Gasteiger partial charge in [-0.15, -0.1) is 0 Å². The first-order valence-corrected chi connectivity index (χ1v) is 16.8. The fourth-order valence-electron chi connectivity index (χ4n) is 6.22. The summed E-state index contributed by atoms with van der Waals surface area (Å²) in [6.45, 7) is 2.43. The third-order valence-corrected chi connectivity index (χ3v) is 10.6. The molecule has 1 amide bonds. The van der Waals surface area contributed by atoms with Gasteiger partial charge in [0.15, 0.2) is 10.8 Å². The molecule has 1 aliphatic rings. The zero-order valence-corrected chi connectivity index (χ0v) is 27.4. The number of halogens is 5. The van der Waals surface area contributed by atoms with Crippen molar-refractivity contribution in [3.63, 3.8) is 0 Å². The summed E-state index contributed by atoms with van der Waals surface area (Å²) >= 11 is 12.6. The first-order chi connectivity index (χ1) is 22.0. The summed E-state index contributed by atoms with van der Waals surface area (Å²) in [4.78, 5) is 17.6. The van der Waals surface area contributed by atoms with Crippen molar-refractivity contribution in [2.24, 2.45) is 0 Å². The molecule has 1 heterocycles. The number of carbonyl (C=O) groups is 1. The van der Waals surface area contributed by atoms with Crippen LogP contribution >= 0.6 is 23.2 Å². The van der Waals surface area contributed by atoms with Gasteiger partial charge in [0, 0.05) is 25.1 Å². The Balaban J connectivity index is 1.30. The van der Waals surface area contributed by atoms with E-state index in [1.165, 1.54) is 12.1 Å². The molecule has 1 fully saturated rings. The Bertz CT molecular complexity index is 1800.